The van der Waals surface area contributed by atoms with E-state index in [0.29, 0.717) is 35.0 Å². The molecule has 0 aliphatic carbocycles. The van der Waals surface area contributed by atoms with E-state index in [-0.39, 0.29) is 11.7 Å². The van der Waals surface area contributed by atoms with Gasteiger partial charge in [-0.2, -0.15) is 9.97 Å². The number of aromatic nitrogens is 4. The van der Waals surface area contributed by atoms with Crippen molar-refractivity contribution in [3.63, 3.8) is 0 Å². The minimum absolute atomic E-state index is 0.120. The molecule has 1 aromatic carbocycles. The molecule has 0 amide bonds. The lowest BCUT2D eigenvalue weighted by Crippen LogP contribution is -2.45. The summed E-state index contributed by atoms with van der Waals surface area (Å²) in [7, 11) is 2.15. The number of ether oxygens (including phenoxy) is 1. The number of benzene rings is 1. The highest BCUT2D eigenvalue weighted by Crippen LogP contribution is 2.35. The van der Waals surface area contributed by atoms with Gasteiger partial charge in [0, 0.05) is 55.4 Å². The molecule has 2 unspecified atom stereocenters. The Morgan fingerprint density at radius 3 is 2.82 bits per heavy atom. The first-order valence-corrected chi connectivity index (χ1v) is 10.8. The minimum Gasteiger partial charge on any atom is -0.453 e. The third-order valence-electron chi connectivity index (χ3n) is 6.38. The van der Waals surface area contributed by atoms with Crippen molar-refractivity contribution in [1.82, 2.24) is 24.8 Å². The number of hydrogen-bond acceptors (Lipinski definition) is 8. The maximum Gasteiger partial charge on any atom is 0.223 e. The molecule has 3 aromatic heterocycles. The number of halogens is 1. The molecule has 2 saturated heterocycles. The number of aromatic amines is 1. The Morgan fingerprint density at radius 1 is 1.12 bits per heavy atom. The molecule has 2 aliphatic heterocycles. The average Bonchev–Trinajstić information content (AvgIpc) is 3.51. The van der Waals surface area contributed by atoms with Crippen LogP contribution in [0.4, 0.5) is 27.7 Å². The third kappa shape index (κ3) is 3.58. The van der Waals surface area contributed by atoms with Crippen LogP contribution in [0, 0.1) is 5.82 Å². The second-order valence-electron chi connectivity index (χ2n) is 8.53. The topological polar surface area (TPSA) is 108 Å². The van der Waals surface area contributed by atoms with Gasteiger partial charge in [-0.25, -0.2) is 9.37 Å². The van der Waals surface area contributed by atoms with Crippen LogP contribution in [0.5, 0.6) is 11.5 Å². The summed E-state index contributed by atoms with van der Waals surface area (Å²) in [4.78, 5) is 20.6. The fraction of sp³-hybridized carbons (Fsp3) is 0.261. The molecule has 2 aliphatic rings. The lowest BCUT2D eigenvalue weighted by molar-refractivity contribution is 0.292. The molecule has 9 nitrogen and oxygen atoms in total. The van der Waals surface area contributed by atoms with Crippen molar-refractivity contribution < 1.29 is 9.13 Å². The number of piperazine rings is 1. The number of likely N-dealkylation sites (N-methyl/N-ethyl adjacent to an activating group) is 1. The number of fused-ring (bicyclic) bond motifs is 3. The van der Waals surface area contributed by atoms with Crippen molar-refractivity contribution in [3.8, 4) is 11.5 Å². The highest BCUT2D eigenvalue weighted by Gasteiger charge is 2.42. The molecule has 0 saturated carbocycles. The number of likely N-dealkylation sites (tertiary alicyclic amines) is 1. The molecule has 4 N–H and O–H groups in total. The maximum atomic E-state index is 14.8. The zero-order chi connectivity index (χ0) is 22.5. The summed E-state index contributed by atoms with van der Waals surface area (Å²) in [5.74, 6) is 1.64. The number of rotatable bonds is 5. The second-order valence-corrected chi connectivity index (χ2v) is 8.53. The van der Waals surface area contributed by atoms with Gasteiger partial charge in [0.1, 0.15) is 23.0 Å². The lowest BCUT2D eigenvalue weighted by Gasteiger charge is -2.32. The molecular weight excluding hydrogens is 423 g/mol. The molecule has 168 valence electrons. The summed E-state index contributed by atoms with van der Waals surface area (Å²) in [5, 5.41) is 3.92. The van der Waals surface area contributed by atoms with Crippen molar-refractivity contribution in [2.75, 3.05) is 36.1 Å². The maximum absolute atomic E-state index is 14.8. The molecule has 5 heterocycles. The lowest BCUT2D eigenvalue weighted by atomic mass is 10.2. The number of nitrogens with one attached hydrogen (secondary N) is 2. The molecule has 33 heavy (non-hydrogen) atoms. The van der Waals surface area contributed by atoms with Crippen molar-refractivity contribution in [1.29, 1.82) is 0 Å². The Morgan fingerprint density at radius 2 is 2.03 bits per heavy atom. The predicted molar refractivity (Wildman–Crippen MR) is 124 cm³/mol. The summed E-state index contributed by atoms with van der Waals surface area (Å²) in [6.07, 6.45) is 4.51. The number of hydrogen-bond donors (Lipinski definition) is 3. The van der Waals surface area contributed by atoms with Gasteiger partial charge in [-0.3, -0.25) is 4.90 Å². The fourth-order valence-electron chi connectivity index (χ4n) is 4.76. The Bertz CT molecular complexity index is 1340. The largest absolute Gasteiger partial charge is 0.453 e. The van der Waals surface area contributed by atoms with E-state index in [4.69, 9.17) is 10.5 Å². The van der Waals surface area contributed by atoms with Crippen LogP contribution in [0.25, 0.3) is 11.0 Å². The van der Waals surface area contributed by atoms with E-state index in [0.717, 1.165) is 30.7 Å². The first-order chi connectivity index (χ1) is 16.0. The van der Waals surface area contributed by atoms with Crippen LogP contribution in [0.15, 0.2) is 48.8 Å². The second kappa shape index (κ2) is 7.59. The van der Waals surface area contributed by atoms with Gasteiger partial charge >= 0.3 is 0 Å². The third-order valence-corrected chi connectivity index (χ3v) is 6.38. The van der Waals surface area contributed by atoms with Gasteiger partial charge in [0.2, 0.25) is 5.95 Å². The van der Waals surface area contributed by atoms with E-state index in [1.807, 2.05) is 12.1 Å². The molecule has 2 fully saturated rings. The van der Waals surface area contributed by atoms with Crippen LogP contribution in [0.2, 0.25) is 0 Å². The first kappa shape index (κ1) is 19.7. The van der Waals surface area contributed by atoms with Gasteiger partial charge < -0.3 is 25.7 Å². The molecule has 0 spiro atoms. The van der Waals surface area contributed by atoms with E-state index in [9.17, 15) is 4.39 Å². The average molecular weight is 446 g/mol. The predicted octanol–water partition coefficient (Wildman–Crippen LogP) is 3.50. The molecule has 4 aromatic rings. The van der Waals surface area contributed by atoms with Gasteiger partial charge in [0.15, 0.2) is 11.6 Å². The normalized spacial score (nSPS) is 20.0. The van der Waals surface area contributed by atoms with Gasteiger partial charge in [0.05, 0.1) is 5.39 Å². The van der Waals surface area contributed by atoms with Gasteiger partial charge in [-0.05, 0) is 37.7 Å². The van der Waals surface area contributed by atoms with Crippen molar-refractivity contribution in [3.05, 3.63) is 54.6 Å². The van der Waals surface area contributed by atoms with E-state index < -0.39 is 5.82 Å². The highest BCUT2D eigenvalue weighted by atomic mass is 19.1. The smallest absolute Gasteiger partial charge is 0.223 e. The van der Waals surface area contributed by atoms with Crippen LogP contribution in [0.1, 0.15) is 6.42 Å². The van der Waals surface area contributed by atoms with Crippen LogP contribution >= 0.6 is 0 Å². The van der Waals surface area contributed by atoms with E-state index in [1.54, 1.807) is 30.6 Å². The van der Waals surface area contributed by atoms with Crippen LogP contribution in [-0.4, -0.2) is 57.1 Å². The number of nitrogens with zero attached hydrogens (tertiary/aromatic N) is 5. The van der Waals surface area contributed by atoms with E-state index in [2.05, 4.69) is 42.1 Å². The van der Waals surface area contributed by atoms with Crippen molar-refractivity contribution >= 4 is 34.3 Å². The molecular formula is C23H23FN8O. The summed E-state index contributed by atoms with van der Waals surface area (Å²) in [6, 6.07) is 11.1. The number of pyridine rings is 1. The molecule has 2 atom stereocenters. The molecule has 0 radical (unpaired) electrons. The van der Waals surface area contributed by atoms with Crippen LogP contribution < -0.4 is 20.7 Å². The van der Waals surface area contributed by atoms with Gasteiger partial charge in [-0.15, -0.1) is 0 Å². The zero-order valence-electron chi connectivity index (χ0n) is 18.0. The van der Waals surface area contributed by atoms with Gasteiger partial charge in [0.25, 0.3) is 0 Å². The Balaban J connectivity index is 1.22. The van der Waals surface area contributed by atoms with Crippen LogP contribution in [-0.2, 0) is 0 Å². The van der Waals surface area contributed by atoms with E-state index >= 15 is 0 Å². The molecule has 2 bridgehead atoms. The summed E-state index contributed by atoms with van der Waals surface area (Å²) < 4.78 is 20.7. The van der Waals surface area contributed by atoms with E-state index in [1.165, 1.54) is 6.07 Å². The monoisotopic (exact) mass is 446 g/mol. The SMILES string of the molecule is CN1CC2CC1CN2c1cc(Nc2ccc(Oc3ccnc4[nH]ccc34)c(F)c2)nc(N)n1. The molecule has 10 heteroatoms. The number of anilines is 4. The Kier molecular flexibility index (Phi) is 4.54. The highest BCUT2D eigenvalue weighted by molar-refractivity contribution is 5.82. The Labute approximate surface area is 189 Å². The summed E-state index contributed by atoms with van der Waals surface area (Å²) in [5.41, 5.74) is 7.20. The zero-order valence-corrected chi connectivity index (χ0v) is 18.0. The summed E-state index contributed by atoms with van der Waals surface area (Å²) in [6.45, 7) is 1.93. The Hall–Kier alpha value is -3.92. The quantitative estimate of drug-likeness (QED) is 0.428. The number of nitrogens with two attached hydrogens (primary N) is 1. The fourth-order valence-corrected chi connectivity index (χ4v) is 4.76. The number of nitrogen functional groups attached to an aromatic ring is 1. The first-order valence-electron chi connectivity index (χ1n) is 10.8. The molecule has 6 rings (SSSR count). The standard InChI is InChI=1S/C23H23FN8O/c1-31-11-15-9-14(31)12-32(15)21-10-20(29-23(25)30-21)28-13-2-3-19(17(24)8-13)33-18-5-7-27-22-16(18)4-6-26-22/h2-8,10,14-15H,9,11-12H2,1H3,(H,26,27)(H3,25,28,29,30). The van der Waals surface area contributed by atoms with Crippen LogP contribution in [0.3, 0.4) is 0 Å². The van der Waals surface area contributed by atoms with Crippen molar-refractivity contribution in [2.45, 2.75) is 18.5 Å². The summed E-state index contributed by atoms with van der Waals surface area (Å²) >= 11 is 0. The van der Waals surface area contributed by atoms with Gasteiger partial charge in [-0.1, -0.05) is 0 Å². The number of H-pyrrole nitrogens is 1. The minimum atomic E-state index is -0.498. The van der Waals surface area contributed by atoms with Crippen molar-refractivity contribution in [2.24, 2.45) is 0 Å².